The molecule has 0 saturated carbocycles. The number of aromatic hydroxyl groups is 1. The average Bonchev–Trinajstić information content (AvgIpc) is 3.02. The molecule has 0 heterocycles. The number of anilines is 1. The maximum atomic E-state index is 13.4. The highest BCUT2D eigenvalue weighted by Gasteiger charge is 2.23. The van der Waals surface area contributed by atoms with Crippen LogP contribution in [0, 0.1) is 13.8 Å². The average molecular weight is 575 g/mol. The monoisotopic (exact) mass is 574 g/mol. The highest BCUT2D eigenvalue weighted by molar-refractivity contribution is 6.05. The minimum Gasteiger partial charge on any atom is -0.506 e. The predicted octanol–water partition coefficient (Wildman–Crippen LogP) is 7.57. The first kappa shape index (κ1) is 29.2. The van der Waals surface area contributed by atoms with E-state index in [9.17, 15) is 14.7 Å². The first-order valence-electron chi connectivity index (χ1n) is 14.2. The van der Waals surface area contributed by atoms with Crippen molar-refractivity contribution >= 4 is 28.5 Å². The van der Waals surface area contributed by atoms with E-state index in [0.29, 0.717) is 42.0 Å². The van der Waals surface area contributed by atoms with Crippen LogP contribution in [0.1, 0.15) is 33.5 Å². The number of ether oxygens (including phenoxy) is 2. The highest BCUT2D eigenvalue weighted by atomic mass is 16.6. The summed E-state index contributed by atoms with van der Waals surface area (Å²) in [4.78, 5) is 28.3. The van der Waals surface area contributed by atoms with Crippen LogP contribution < -0.4 is 19.7 Å². The van der Waals surface area contributed by atoms with Crippen LogP contribution in [0.3, 0.4) is 0 Å². The summed E-state index contributed by atoms with van der Waals surface area (Å²) in [7, 11) is 0. The molecule has 2 N–H and O–H groups in total. The first-order valence-corrected chi connectivity index (χ1v) is 14.2. The van der Waals surface area contributed by atoms with Crippen molar-refractivity contribution in [3.8, 4) is 17.2 Å². The molecule has 0 spiro atoms. The summed E-state index contributed by atoms with van der Waals surface area (Å²) >= 11 is 0. The summed E-state index contributed by atoms with van der Waals surface area (Å²) in [6, 6.07) is 33.0. The van der Waals surface area contributed by atoms with Gasteiger partial charge in [-0.05, 0) is 73.2 Å². The molecule has 2 amide bonds. The number of carbonyl (C=O) groups excluding carboxylic acids is 2. The van der Waals surface area contributed by atoms with E-state index in [1.54, 1.807) is 42.5 Å². The molecular formula is C36H34N2O5. The lowest BCUT2D eigenvalue weighted by molar-refractivity contribution is 0.0949. The van der Waals surface area contributed by atoms with Crippen LogP contribution in [0.4, 0.5) is 10.5 Å². The van der Waals surface area contributed by atoms with Gasteiger partial charge in [-0.2, -0.15) is 0 Å². The van der Waals surface area contributed by atoms with Crippen molar-refractivity contribution in [3.63, 3.8) is 0 Å². The van der Waals surface area contributed by atoms with Crippen LogP contribution in [0.5, 0.6) is 17.2 Å². The van der Waals surface area contributed by atoms with Crippen molar-refractivity contribution in [1.82, 2.24) is 5.32 Å². The molecule has 0 aliphatic carbocycles. The number of benzene rings is 5. The van der Waals surface area contributed by atoms with E-state index in [0.717, 1.165) is 16.7 Å². The second-order valence-corrected chi connectivity index (χ2v) is 10.3. The lowest BCUT2D eigenvalue weighted by Crippen LogP contribution is -2.33. The summed E-state index contributed by atoms with van der Waals surface area (Å²) < 4.78 is 11.6. The van der Waals surface area contributed by atoms with E-state index in [-0.39, 0.29) is 17.9 Å². The largest absolute Gasteiger partial charge is 0.506 e. The zero-order valence-corrected chi connectivity index (χ0v) is 24.2. The Morgan fingerprint density at radius 2 is 1.49 bits per heavy atom. The minimum atomic E-state index is -0.565. The van der Waals surface area contributed by atoms with Crippen LogP contribution >= 0.6 is 0 Å². The second-order valence-electron chi connectivity index (χ2n) is 10.3. The van der Waals surface area contributed by atoms with Gasteiger partial charge in [-0.15, -0.1) is 0 Å². The van der Waals surface area contributed by atoms with E-state index in [4.69, 9.17) is 9.47 Å². The van der Waals surface area contributed by atoms with Crippen molar-refractivity contribution in [2.75, 3.05) is 18.1 Å². The van der Waals surface area contributed by atoms with Crippen molar-refractivity contribution in [2.45, 2.75) is 26.8 Å². The number of hydrogen-bond donors (Lipinski definition) is 2. The van der Waals surface area contributed by atoms with E-state index >= 15 is 0 Å². The fraction of sp³-hybridized carbons (Fsp3) is 0.167. The van der Waals surface area contributed by atoms with Crippen LogP contribution in [-0.2, 0) is 6.54 Å². The van der Waals surface area contributed by atoms with Crippen molar-refractivity contribution in [1.29, 1.82) is 0 Å². The standard InChI is InChI=1S/C36H34N2O5/c1-25-18-19-33(26(2)22-25)42-21-11-20-37-35(40)32-23-27(30-16-9-10-17-31(30)34(32)39)24-38(28-12-5-3-6-13-28)36(41)43-29-14-7-4-8-15-29/h3-10,12-19,22-23,39H,11,20-21,24H2,1-2H3,(H,37,40). The Balaban J connectivity index is 1.35. The number of nitrogens with one attached hydrogen (secondary N) is 1. The number of carbonyl (C=O) groups is 2. The van der Waals surface area contributed by atoms with Crippen molar-refractivity contribution in [2.24, 2.45) is 0 Å². The molecule has 0 aromatic heterocycles. The van der Waals surface area contributed by atoms with Gasteiger partial charge >= 0.3 is 6.09 Å². The molecule has 0 fully saturated rings. The number of phenols is 1. The lowest BCUT2D eigenvalue weighted by atomic mass is 9.98. The molecule has 0 atom stereocenters. The molecule has 7 nitrogen and oxygen atoms in total. The number of amides is 2. The number of phenolic OH excluding ortho intramolecular Hbond substituents is 1. The molecule has 0 saturated heterocycles. The Morgan fingerprint density at radius 3 is 2.21 bits per heavy atom. The molecule has 5 rings (SSSR count). The molecule has 0 bridgehead atoms. The molecular weight excluding hydrogens is 540 g/mol. The van der Waals surface area contributed by atoms with Crippen molar-refractivity contribution < 1.29 is 24.2 Å². The second kappa shape index (κ2) is 13.6. The fourth-order valence-corrected chi connectivity index (χ4v) is 4.94. The summed E-state index contributed by atoms with van der Waals surface area (Å²) in [5.41, 5.74) is 3.69. The van der Waals surface area contributed by atoms with Crippen LogP contribution in [-0.4, -0.2) is 30.3 Å². The van der Waals surface area contributed by atoms with Gasteiger partial charge in [0.05, 0.1) is 18.7 Å². The Hall–Kier alpha value is -5.30. The number of hydrogen-bond acceptors (Lipinski definition) is 5. The third-order valence-electron chi connectivity index (χ3n) is 7.11. The number of fused-ring (bicyclic) bond motifs is 1. The van der Waals surface area contributed by atoms with Gasteiger partial charge < -0.3 is 19.9 Å². The molecule has 5 aromatic rings. The fourth-order valence-electron chi connectivity index (χ4n) is 4.94. The van der Waals surface area contributed by atoms with E-state index in [1.165, 1.54) is 10.5 Å². The molecule has 218 valence electrons. The van der Waals surface area contributed by atoms with Gasteiger partial charge in [0.1, 0.15) is 17.2 Å². The number of aryl methyl sites for hydroxylation is 2. The maximum absolute atomic E-state index is 13.4. The first-order chi connectivity index (χ1) is 20.9. The van der Waals surface area contributed by atoms with Crippen molar-refractivity contribution in [3.05, 3.63) is 131 Å². The Morgan fingerprint density at radius 1 is 0.814 bits per heavy atom. The van der Waals surface area contributed by atoms with Gasteiger partial charge in [-0.1, -0.05) is 78.4 Å². The molecule has 7 heteroatoms. The number of rotatable bonds is 10. The molecule has 0 unspecified atom stereocenters. The molecule has 0 aliphatic heterocycles. The lowest BCUT2D eigenvalue weighted by Gasteiger charge is -2.24. The van der Waals surface area contributed by atoms with E-state index < -0.39 is 12.0 Å². The van der Waals surface area contributed by atoms with Gasteiger partial charge in [0.15, 0.2) is 0 Å². The molecule has 5 aromatic carbocycles. The SMILES string of the molecule is Cc1ccc(OCCCNC(=O)c2cc(CN(C(=O)Oc3ccccc3)c3ccccc3)c3ccccc3c2O)c(C)c1. The third-order valence-corrected chi connectivity index (χ3v) is 7.11. The number of para-hydroxylation sites is 2. The van der Waals surface area contributed by atoms with E-state index in [2.05, 4.69) is 11.4 Å². The Kier molecular flexibility index (Phi) is 9.22. The summed E-state index contributed by atoms with van der Waals surface area (Å²) in [6.07, 6.45) is 0.0252. The molecule has 43 heavy (non-hydrogen) atoms. The predicted molar refractivity (Wildman–Crippen MR) is 169 cm³/mol. The van der Waals surface area contributed by atoms with Crippen LogP contribution in [0.25, 0.3) is 10.8 Å². The maximum Gasteiger partial charge on any atom is 0.420 e. The minimum absolute atomic E-state index is 0.110. The topological polar surface area (TPSA) is 88.1 Å². The summed E-state index contributed by atoms with van der Waals surface area (Å²) in [6.45, 7) is 4.96. The van der Waals surface area contributed by atoms with Gasteiger partial charge in [-0.25, -0.2) is 4.79 Å². The quantitative estimate of drug-likeness (QED) is 0.168. The highest BCUT2D eigenvalue weighted by Crippen LogP contribution is 2.33. The molecule has 0 aliphatic rings. The van der Waals surface area contributed by atoms with Gasteiger partial charge in [0.25, 0.3) is 5.91 Å². The summed E-state index contributed by atoms with van der Waals surface area (Å²) in [5.74, 6) is 0.726. The van der Waals surface area contributed by atoms with Gasteiger partial charge in [0, 0.05) is 17.6 Å². The summed E-state index contributed by atoms with van der Waals surface area (Å²) in [5, 5.41) is 15.3. The molecule has 0 radical (unpaired) electrons. The van der Waals surface area contributed by atoms with E-state index in [1.807, 2.05) is 74.5 Å². The third kappa shape index (κ3) is 7.13. The zero-order chi connectivity index (χ0) is 30.2. The smallest absolute Gasteiger partial charge is 0.420 e. The van der Waals surface area contributed by atoms with Gasteiger partial charge in [-0.3, -0.25) is 9.69 Å². The normalized spacial score (nSPS) is 10.7. The Bertz CT molecular complexity index is 1720. The number of nitrogens with zero attached hydrogens (tertiary/aromatic N) is 1. The Labute approximate surface area is 251 Å². The van der Waals surface area contributed by atoms with Crippen LogP contribution in [0.2, 0.25) is 0 Å². The van der Waals surface area contributed by atoms with Gasteiger partial charge in [0.2, 0.25) is 0 Å². The van der Waals surface area contributed by atoms with Crippen LogP contribution in [0.15, 0.2) is 109 Å². The zero-order valence-electron chi connectivity index (χ0n) is 24.2.